The van der Waals surface area contributed by atoms with Crippen molar-refractivity contribution in [3.63, 3.8) is 0 Å². The van der Waals surface area contributed by atoms with Crippen molar-refractivity contribution in [1.82, 2.24) is 4.67 Å². The predicted molar refractivity (Wildman–Crippen MR) is 80.1 cm³/mol. The molecule has 1 saturated heterocycles. The number of rotatable bonds is 8. The summed E-state index contributed by atoms with van der Waals surface area (Å²) in [5.41, 5.74) is 0. The van der Waals surface area contributed by atoms with Crippen LogP contribution < -0.4 is 0 Å². The second-order valence-electron chi connectivity index (χ2n) is 5.27. The molecular weight excluding hydrogens is 275 g/mol. The number of hydrogen-bond donors (Lipinski definition) is 0. The zero-order valence-electron chi connectivity index (χ0n) is 14.8. The number of nitrogens with zero attached hydrogens (tertiary/aromatic N) is 2. The van der Waals surface area contributed by atoms with Crippen LogP contribution in [0.3, 0.4) is 0 Å². The van der Waals surface area contributed by atoms with Crippen molar-refractivity contribution < 1.29 is 16.5 Å². The van der Waals surface area contributed by atoms with Gasteiger partial charge in [-0.1, -0.05) is 0 Å². The summed E-state index contributed by atoms with van der Waals surface area (Å²) in [5.74, 6) is 0. The standard InChI is InChI=1S/C14H27N2O3P/c1-11(2)16(12(3)4)20(18-9-6-8-15)19-14-7-10-17-13(14)5/h11-14H,6-7,9-10H2,1-5H3/i5D,10T. The summed E-state index contributed by atoms with van der Waals surface area (Å²) in [7, 11) is -1.34. The van der Waals surface area contributed by atoms with Gasteiger partial charge in [-0.05, 0) is 41.0 Å². The molecule has 1 aliphatic heterocycles. The van der Waals surface area contributed by atoms with E-state index in [2.05, 4.69) is 38.4 Å². The van der Waals surface area contributed by atoms with E-state index in [1.165, 1.54) is 0 Å². The third kappa shape index (κ3) is 5.27. The third-order valence-electron chi connectivity index (χ3n) is 2.90. The lowest BCUT2D eigenvalue weighted by Crippen LogP contribution is -2.35. The van der Waals surface area contributed by atoms with E-state index in [0.29, 0.717) is 19.4 Å². The maximum Gasteiger partial charge on any atom is 0.259 e. The van der Waals surface area contributed by atoms with Crippen LogP contribution in [0.25, 0.3) is 0 Å². The van der Waals surface area contributed by atoms with E-state index in [1.54, 1.807) is 0 Å². The predicted octanol–water partition coefficient (Wildman–Crippen LogP) is 3.46. The van der Waals surface area contributed by atoms with E-state index < -0.39 is 15.1 Å². The maximum atomic E-state index is 8.69. The van der Waals surface area contributed by atoms with Crippen molar-refractivity contribution >= 4 is 8.53 Å². The first-order valence-electron chi connectivity index (χ1n) is 8.31. The van der Waals surface area contributed by atoms with Gasteiger partial charge in [0.05, 0.1) is 32.7 Å². The minimum atomic E-state index is -1.34. The van der Waals surface area contributed by atoms with Crippen molar-refractivity contribution in [1.29, 1.82) is 5.26 Å². The zero-order valence-corrected chi connectivity index (χ0v) is 13.7. The molecule has 116 valence electrons. The summed E-state index contributed by atoms with van der Waals surface area (Å²) < 4.78 is 34.7. The smallest absolute Gasteiger partial charge is 0.259 e. The van der Waals surface area contributed by atoms with E-state index in [1.807, 2.05) is 0 Å². The largest absolute Gasteiger partial charge is 0.376 e. The second kappa shape index (κ2) is 8.92. The average Bonchev–Trinajstić information content (AvgIpc) is 2.78. The molecular formula is C14H27N2O3P. The van der Waals surface area contributed by atoms with Crippen LogP contribution in [0.15, 0.2) is 0 Å². The van der Waals surface area contributed by atoms with Gasteiger partial charge in [-0.3, -0.25) is 0 Å². The second-order valence-corrected chi connectivity index (χ2v) is 6.67. The van der Waals surface area contributed by atoms with Gasteiger partial charge in [-0.25, -0.2) is 4.67 Å². The highest BCUT2D eigenvalue weighted by molar-refractivity contribution is 7.44. The SMILES string of the molecule is [2H]CC1OC([3H])CC1OP(OCCC#N)N(C(C)C)C(C)C. The Morgan fingerprint density at radius 3 is 2.80 bits per heavy atom. The van der Waals surface area contributed by atoms with E-state index >= 15 is 0 Å². The van der Waals surface area contributed by atoms with Gasteiger partial charge in [-0.15, -0.1) is 0 Å². The Hall–Kier alpha value is -0.240. The molecule has 0 aromatic rings. The molecule has 0 aromatic heterocycles. The summed E-state index contributed by atoms with van der Waals surface area (Å²) >= 11 is 0. The highest BCUT2D eigenvalue weighted by atomic mass is 31.2. The summed E-state index contributed by atoms with van der Waals surface area (Å²) in [6.45, 7) is 8.06. The highest BCUT2D eigenvalue weighted by Crippen LogP contribution is 2.48. The van der Waals surface area contributed by atoms with Gasteiger partial charge >= 0.3 is 0 Å². The fourth-order valence-electron chi connectivity index (χ4n) is 2.03. The first-order chi connectivity index (χ1) is 10.4. The molecule has 4 atom stereocenters. The van der Waals surface area contributed by atoms with Crippen LogP contribution in [0.2, 0.25) is 0 Å². The van der Waals surface area contributed by atoms with E-state index in [0.717, 1.165) is 0 Å². The van der Waals surface area contributed by atoms with Crippen LogP contribution in [0, 0.1) is 11.3 Å². The Labute approximate surface area is 127 Å². The topological polar surface area (TPSA) is 54.7 Å². The van der Waals surface area contributed by atoms with E-state index in [9.17, 15) is 0 Å². The number of ether oxygens (including phenoxy) is 1. The molecule has 0 amide bonds. The first kappa shape index (κ1) is 14.7. The van der Waals surface area contributed by atoms with Crippen molar-refractivity contribution in [2.24, 2.45) is 0 Å². The van der Waals surface area contributed by atoms with Gasteiger partial charge in [0.15, 0.2) is 0 Å². The van der Waals surface area contributed by atoms with Crippen LogP contribution in [-0.2, 0) is 13.8 Å². The molecule has 4 unspecified atom stereocenters. The Balaban J connectivity index is 2.78. The normalized spacial score (nSPS) is 29.6. The molecule has 1 aliphatic rings. The summed E-state index contributed by atoms with van der Waals surface area (Å²) in [6.07, 6.45) is 0.0890. The molecule has 1 fully saturated rings. The molecule has 0 N–H and O–H groups in total. The summed E-state index contributed by atoms with van der Waals surface area (Å²) in [5, 5.41) is 8.69. The molecule has 0 aliphatic carbocycles. The van der Waals surface area contributed by atoms with E-state index in [-0.39, 0.29) is 31.2 Å². The molecule has 5 nitrogen and oxygen atoms in total. The average molecular weight is 305 g/mol. The lowest BCUT2D eigenvalue weighted by Gasteiger charge is -2.37. The Bertz CT molecular complexity index is 360. The summed E-state index contributed by atoms with van der Waals surface area (Å²) in [6, 6.07) is 2.53. The summed E-state index contributed by atoms with van der Waals surface area (Å²) in [4.78, 5) is 0. The molecule has 0 radical (unpaired) electrons. The molecule has 0 spiro atoms. The van der Waals surface area contributed by atoms with E-state index in [4.69, 9.17) is 21.8 Å². The van der Waals surface area contributed by atoms with Gasteiger partial charge in [0, 0.05) is 20.0 Å². The van der Waals surface area contributed by atoms with Crippen LogP contribution in [0.4, 0.5) is 0 Å². The van der Waals surface area contributed by atoms with Gasteiger partial charge in [-0.2, -0.15) is 5.26 Å². The third-order valence-corrected chi connectivity index (χ3v) is 5.06. The Kier molecular flexibility index (Phi) is 6.55. The molecule has 0 aromatic carbocycles. The quantitative estimate of drug-likeness (QED) is 0.508. The van der Waals surface area contributed by atoms with Gasteiger partial charge in [0.1, 0.15) is 0 Å². The van der Waals surface area contributed by atoms with Crippen LogP contribution in [0.5, 0.6) is 0 Å². The Morgan fingerprint density at radius 1 is 1.55 bits per heavy atom. The maximum absolute atomic E-state index is 8.69. The lowest BCUT2D eigenvalue weighted by molar-refractivity contribution is 0.0545. The van der Waals surface area contributed by atoms with Crippen molar-refractivity contribution in [2.75, 3.05) is 13.2 Å². The minimum Gasteiger partial charge on any atom is -0.376 e. The molecule has 6 heteroatoms. The monoisotopic (exact) mass is 305 g/mol. The number of nitriles is 1. The highest BCUT2D eigenvalue weighted by Gasteiger charge is 2.34. The van der Waals surface area contributed by atoms with Crippen LogP contribution in [0.1, 0.15) is 50.2 Å². The molecule has 0 saturated carbocycles. The molecule has 20 heavy (non-hydrogen) atoms. The zero-order chi connectivity index (χ0) is 16.7. The first-order valence-corrected chi connectivity index (χ1v) is 8.15. The fraction of sp³-hybridized carbons (Fsp3) is 0.929. The van der Waals surface area contributed by atoms with Gasteiger partial charge in [0.2, 0.25) is 0 Å². The van der Waals surface area contributed by atoms with Crippen molar-refractivity contribution in [3.8, 4) is 6.07 Å². The molecule has 1 heterocycles. The molecule has 1 rings (SSSR count). The van der Waals surface area contributed by atoms with Crippen LogP contribution in [-0.4, -0.2) is 42.2 Å². The fourth-order valence-corrected chi connectivity index (χ4v) is 3.79. The lowest BCUT2D eigenvalue weighted by atomic mass is 10.2. The van der Waals surface area contributed by atoms with Crippen molar-refractivity contribution in [3.05, 3.63) is 0 Å². The van der Waals surface area contributed by atoms with Crippen molar-refractivity contribution in [2.45, 2.75) is 71.7 Å². The van der Waals surface area contributed by atoms with Crippen LogP contribution >= 0.6 is 8.53 Å². The van der Waals surface area contributed by atoms with Gasteiger partial charge in [0.25, 0.3) is 8.53 Å². The molecule has 0 bridgehead atoms. The Morgan fingerprint density at radius 2 is 2.25 bits per heavy atom. The van der Waals surface area contributed by atoms with Gasteiger partial charge < -0.3 is 13.8 Å². The minimum absolute atomic E-state index is 0.0742. The number of hydrogen-bond acceptors (Lipinski definition) is 5.